The van der Waals surface area contributed by atoms with Crippen LogP contribution < -0.4 is 10.1 Å². The van der Waals surface area contributed by atoms with Crippen LogP contribution in [-0.2, 0) is 13.1 Å². The number of urea groups is 1. The van der Waals surface area contributed by atoms with Gasteiger partial charge in [-0.1, -0.05) is 49.6 Å². The molecule has 0 atom stereocenters. The summed E-state index contributed by atoms with van der Waals surface area (Å²) < 4.78 is 7.72. The molecule has 1 N–H and O–H groups in total. The van der Waals surface area contributed by atoms with Crippen molar-refractivity contribution in [1.82, 2.24) is 9.47 Å². The maximum atomic E-state index is 13.1. The maximum Gasteiger partial charge on any atom is 0.322 e. The first-order valence-electron chi connectivity index (χ1n) is 11.6. The molecule has 170 valence electrons. The fourth-order valence-electron chi connectivity index (χ4n) is 3.76. The third-order valence-corrected chi connectivity index (χ3v) is 5.45. The molecule has 0 fully saturated rings. The molecule has 3 aromatic rings. The Balaban J connectivity index is 1.70. The van der Waals surface area contributed by atoms with Gasteiger partial charge in [-0.3, -0.25) is 0 Å². The van der Waals surface area contributed by atoms with Crippen LogP contribution in [0.2, 0.25) is 0 Å². The Morgan fingerprint density at radius 2 is 1.84 bits per heavy atom. The number of carbonyl (C=O) groups is 1. The molecule has 0 aliphatic heterocycles. The second-order valence-electron chi connectivity index (χ2n) is 8.13. The smallest absolute Gasteiger partial charge is 0.322 e. The van der Waals surface area contributed by atoms with Crippen LogP contribution in [0.5, 0.6) is 5.75 Å². The molecular formula is C27H35N3O2. The molecule has 0 bridgehead atoms. The Hall–Kier alpha value is -3.21. The first-order chi connectivity index (χ1) is 15.6. The topological polar surface area (TPSA) is 46.5 Å². The van der Waals surface area contributed by atoms with Crippen molar-refractivity contribution in [3.05, 3.63) is 83.7 Å². The number of rotatable bonds is 11. The zero-order chi connectivity index (χ0) is 22.8. The van der Waals surface area contributed by atoms with Gasteiger partial charge in [0.2, 0.25) is 0 Å². The number of aromatic nitrogens is 1. The van der Waals surface area contributed by atoms with E-state index in [0.717, 1.165) is 49.5 Å². The summed E-state index contributed by atoms with van der Waals surface area (Å²) in [6, 6.07) is 20.2. The zero-order valence-electron chi connectivity index (χ0n) is 19.5. The molecule has 0 spiro atoms. The van der Waals surface area contributed by atoms with Gasteiger partial charge in [-0.05, 0) is 62.2 Å². The minimum Gasteiger partial charge on any atom is -0.494 e. The second-order valence-corrected chi connectivity index (χ2v) is 8.13. The van der Waals surface area contributed by atoms with E-state index in [1.165, 1.54) is 11.1 Å². The van der Waals surface area contributed by atoms with E-state index in [9.17, 15) is 4.79 Å². The third-order valence-electron chi connectivity index (χ3n) is 5.45. The van der Waals surface area contributed by atoms with Gasteiger partial charge in [0, 0.05) is 30.7 Å². The SMILES string of the molecule is CCCCCN(Cc1cccn1Cc1cccc(C)c1)C(=O)Nc1ccc(OCC)cc1. The number of ether oxygens (including phenoxy) is 1. The van der Waals surface area contributed by atoms with Crippen LogP contribution in [0, 0.1) is 6.92 Å². The van der Waals surface area contributed by atoms with E-state index >= 15 is 0 Å². The number of nitrogens with one attached hydrogen (secondary N) is 1. The van der Waals surface area contributed by atoms with Gasteiger partial charge in [0.05, 0.1) is 13.2 Å². The van der Waals surface area contributed by atoms with Crippen molar-refractivity contribution in [2.45, 2.75) is 53.1 Å². The fourth-order valence-corrected chi connectivity index (χ4v) is 3.76. The number of hydrogen-bond donors (Lipinski definition) is 1. The number of benzene rings is 2. The zero-order valence-corrected chi connectivity index (χ0v) is 19.5. The first-order valence-corrected chi connectivity index (χ1v) is 11.6. The van der Waals surface area contributed by atoms with Gasteiger partial charge in [-0.2, -0.15) is 0 Å². The Bertz CT molecular complexity index is 979. The number of unbranched alkanes of at least 4 members (excludes halogenated alkanes) is 2. The summed E-state index contributed by atoms with van der Waals surface area (Å²) in [6.45, 7) is 8.97. The predicted molar refractivity (Wildman–Crippen MR) is 131 cm³/mol. The lowest BCUT2D eigenvalue weighted by Gasteiger charge is -2.24. The molecule has 3 rings (SSSR count). The van der Waals surface area contributed by atoms with Crippen molar-refractivity contribution in [1.29, 1.82) is 0 Å². The van der Waals surface area contributed by atoms with E-state index in [1.807, 2.05) is 36.1 Å². The first kappa shape index (κ1) is 23.5. The van der Waals surface area contributed by atoms with E-state index in [-0.39, 0.29) is 6.03 Å². The van der Waals surface area contributed by atoms with E-state index in [2.05, 4.69) is 66.3 Å². The predicted octanol–water partition coefficient (Wildman–Crippen LogP) is 6.47. The second kappa shape index (κ2) is 12.0. The molecule has 32 heavy (non-hydrogen) atoms. The average molecular weight is 434 g/mol. The Kier molecular flexibility index (Phi) is 8.79. The highest BCUT2D eigenvalue weighted by Gasteiger charge is 2.16. The van der Waals surface area contributed by atoms with Crippen LogP contribution in [0.25, 0.3) is 0 Å². The average Bonchev–Trinajstić information content (AvgIpc) is 3.21. The van der Waals surface area contributed by atoms with Crippen LogP contribution in [-0.4, -0.2) is 28.6 Å². The highest BCUT2D eigenvalue weighted by atomic mass is 16.5. The van der Waals surface area contributed by atoms with Crippen molar-refractivity contribution < 1.29 is 9.53 Å². The molecule has 0 unspecified atom stereocenters. The van der Waals surface area contributed by atoms with Crippen molar-refractivity contribution in [2.24, 2.45) is 0 Å². The maximum absolute atomic E-state index is 13.1. The summed E-state index contributed by atoms with van der Waals surface area (Å²) in [6.07, 6.45) is 5.31. The molecule has 0 radical (unpaired) electrons. The van der Waals surface area contributed by atoms with Crippen LogP contribution >= 0.6 is 0 Å². The molecule has 1 aromatic heterocycles. The van der Waals surface area contributed by atoms with Gasteiger partial charge in [-0.25, -0.2) is 4.79 Å². The highest BCUT2D eigenvalue weighted by Crippen LogP contribution is 2.18. The van der Waals surface area contributed by atoms with Crippen molar-refractivity contribution in [2.75, 3.05) is 18.5 Å². The monoisotopic (exact) mass is 433 g/mol. The number of amides is 2. The number of anilines is 1. The molecule has 2 amide bonds. The summed E-state index contributed by atoms with van der Waals surface area (Å²) >= 11 is 0. The summed E-state index contributed by atoms with van der Waals surface area (Å²) in [5.41, 5.74) is 4.42. The van der Waals surface area contributed by atoms with Crippen molar-refractivity contribution in [3.8, 4) is 5.75 Å². The molecule has 0 saturated heterocycles. The number of aryl methyl sites for hydroxylation is 1. The molecule has 5 heteroatoms. The van der Waals surface area contributed by atoms with E-state index < -0.39 is 0 Å². The Labute approximate surface area is 192 Å². The van der Waals surface area contributed by atoms with Crippen molar-refractivity contribution >= 4 is 11.7 Å². The van der Waals surface area contributed by atoms with Crippen LogP contribution in [0.3, 0.4) is 0 Å². The largest absolute Gasteiger partial charge is 0.494 e. The quantitative estimate of drug-likeness (QED) is 0.352. The Morgan fingerprint density at radius 1 is 1.03 bits per heavy atom. The minimum atomic E-state index is -0.0754. The fraction of sp³-hybridized carbons (Fsp3) is 0.370. The lowest BCUT2D eigenvalue weighted by molar-refractivity contribution is 0.206. The van der Waals surface area contributed by atoms with E-state index in [1.54, 1.807) is 0 Å². The standard InChI is InChI=1S/C27H35N3O2/c1-4-6-7-17-30(27(31)28-24-13-15-26(16-14-24)32-5-2)21-25-12-9-18-29(25)20-23-11-8-10-22(3)19-23/h8-16,18-19H,4-7,17,20-21H2,1-3H3,(H,28,31). The molecule has 5 nitrogen and oxygen atoms in total. The molecule has 0 aliphatic rings. The third kappa shape index (κ3) is 6.91. The lowest BCUT2D eigenvalue weighted by atomic mass is 10.1. The normalized spacial score (nSPS) is 10.7. The number of carbonyl (C=O) groups excluding carboxylic acids is 1. The lowest BCUT2D eigenvalue weighted by Crippen LogP contribution is -2.36. The summed E-state index contributed by atoms with van der Waals surface area (Å²) in [7, 11) is 0. The van der Waals surface area contributed by atoms with Crippen molar-refractivity contribution in [3.63, 3.8) is 0 Å². The molecular weight excluding hydrogens is 398 g/mol. The van der Waals surface area contributed by atoms with Gasteiger partial charge in [-0.15, -0.1) is 0 Å². The molecule has 2 aromatic carbocycles. The van der Waals surface area contributed by atoms with Gasteiger partial charge < -0.3 is 19.5 Å². The number of hydrogen-bond acceptors (Lipinski definition) is 2. The van der Waals surface area contributed by atoms with Gasteiger partial charge in [0.25, 0.3) is 0 Å². The molecule has 0 aliphatic carbocycles. The Morgan fingerprint density at radius 3 is 2.56 bits per heavy atom. The van der Waals surface area contributed by atoms with Gasteiger partial charge in [0.15, 0.2) is 0 Å². The number of nitrogens with zero attached hydrogens (tertiary/aromatic N) is 2. The van der Waals surface area contributed by atoms with E-state index in [4.69, 9.17) is 4.74 Å². The van der Waals surface area contributed by atoms with Crippen LogP contribution in [0.4, 0.5) is 10.5 Å². The van der Waals surface area contributed by atoms with E-state index in [0.29, 0.717) is 13.2 Å². The molecule has 1 heterocycles. The highest BCUT2D eigenvalue weighted by molar-refractivity contribution is 5.89. The van der Waals surface area contributed by atoms with Gasteiger partial charge >= 0.3 is 6.03 Å². The van der Waals surface area contributed by atoms with Crippen LogP contribution in [0.15, 0.2) is 66.9 Å². The molecule has 0 saturated carbocycles. The van der Waals surface area contributed by atoms with Gasteiger partial charge in [0.1, 0.15) is 5.75 Å². The summed E-state index contributed by atoms with van der Waals surface area (Å²) in [5.74, 6) is 0.805. The summed E-state index contributed by atoms with van der Waals surface area (Å²) in [4.78, 5) is 15.0. The minimum absolute atomic E-state index is 0.0754. The summed E-state index contributed by atoms with van der Waals surface area (Å²) in [5, 5.41) is 3.05. The van der Waals surface area contributed by atoms with Crippen LogP contribution in [0.1, 0.15) is 49.9 Å².